The Morgan fingerprint density at radius 1 is 1.26 bits per heavy atom. The number of anilines is 1. The highest BCUT2D eigenvalue weighted by atomic mass is 16.4. The van der Waals surface area contributed by atoms with Crippen LogP contribution in [-0.4, -0.2) is 42.5 Å². The molecule has 0 fully saturated rings. The zero-order valence-corrected chi connectivity index (χ0v) is 11.6. The number of hydrogen-bond acceptors (Lipinski definition) is 4. The van der Waals surface area contributed by atoms with Gasteiger partial charge in [0, 0.05) is 20.1 Å². The zero-order chi connectivity index (χ0) is 13.8. The van der Waals surface area contributed by atoms with E-state index in [0.717, 1.165) is 24.2 Å². The van der Waals surface area contributed by atoms with Gasteiger partial charge >= 0.3 is 0 Å². The van der Waals surface area contributed by atoms with Crippen molar-refractivity contribution < 1.29 is 9.21 Å². The first-order chi connectivity index (χ1) is 9.15. The maximum atomic E-state index is 12.0. The van der Waals surface area contributed by atoms with E-state index in [1.165, 1.54) is 0 Å². The fraction of sp³-hybridized carbons (Fsp3) is 0.429. The molecule has 0 radical (unpaired) electrons. The van der Waals surface area contributed by atoms with Crippen molar-refractivity contribution in [2.75, 3.05) is 31.6 Å². The summed E-state index contributed by atoms with van der Waals surface area (Å²) < 4.78 is 5.62. The zero-order valence-electron chi connectivity index (χ0n) is 11.6. The van der Waals surface area contributed by atoms with Crippen LogP contribution in [0.15, 0.2) is 28.7 Å². The number of aromatic nitrogens is 1. The Kier molecular flexibility index (Phi) is 4.04. The fourth-order valence-corrected chi connectivity index (χ4v) is 1.97. The van der Waals surface area contributed by atoms with E-state index in [0.29, 0.717) is 6.01 Å². The normalized spacial score (nSPS) is 10.7. The summed E-state index contributed by atoms with van der Waals surface area (Å²) in [6.45, 7) is 5.66. The molecule has 0 saturated heterocycles. The largest absolute Gasteiger partial charge is 0.423 e. The number of carbonyl (C=O) groups is 1. The molecule has 0 N–H and O–H groups in total. The number of oxazole rings is 1. The van der Waals surface area contributed by atoms with Gasteiger partial charge in [-0.2, -0.15) is 4.98 Å². The second-order valence-corrected chi connectivity index (χ2v) is 4.39. The summed E-state index contributed by atoms with van der Waals surface area (Å²) in [5, 5.41) is 0. The third-order valence-electron chi connectivity index (χ3n) is 3.10. The molecule has 0 aliphatic carbocycles. The Hall–Kier alpha value is -2.04. The first-order valence-electron chi connectivity index (χ1n) is 6.50. The predicted octanol–water partition coefficient (Wildman–Crippen LogP) is 2.13. The Morgan fingerprint density at radius 3 is 2.58 bits per heavy atom. The van der Waals surface area contributed by atoms with Crippen molar-refractivity contribution in [2.45, 2.75) is 13.8 Å². The highest BCUT2D eigenvalue weighted by molar-refractivity contribution is 5.81. The second-order valence-electron chi connectivity index (χ2n) is 4.39. The van der Waals surface area contributed by atoms with Gasteiger partial charge in [-0.05, 0) is 26.0 Å². The highest BCUT2D eigenvalue weighted by Gasteiger charge is 2.16. The van der Waals surface area contributed by atoms with E-state index in [2.05, 4.69) is 4.98 Å². The maximum absolute atomic E-state index is 12.0. The molecule has 1 aromatic heterocycles. The molecular formula is C14H19N3O2. The van der Waals surface area contributed by atoms with Gasteiger partial charge in [0.15, 0.2) is 5.58 Å². The Morgan fingerprint density at radius 2 is 1.95 bits per heavy atom. The smallest absolute Gasteiger partial charge is 0.298 e. The lowest BCUT2D eigenvalue weighted by atomic mass is 10.3. The van der Waals surface area contributed by atoms with Crippen molar-refractivity contribution in [1.29, 1.82) is 0 Å². The number of likely N-dealkylation sites (N-methyl/N-ethyl adjacent to an activating group) is 2. The van der Waals surface area contributed by atoms with Gasteiger partial charge in [-0.1, -0.05) is 12.1 Å². The number of fused-ring (bicyclic) bond motifs is 1. The average molecular weight is 261 g/mol. The van der Waals surface area contributed by atoms with Gasteiger partial charge in [-0.3, -0.25) is 4.79 Å². The van der Waals surface area contributed by atoms with Crippen LogP contribution in [0.25, 0.3) is 11.1 Å². The number of amides is 1. The lowest BCUT2D eigenvalue weighted by Gasteiger charge is -2.22. The topological polar surface area (TPSA) is 49.6 Å². The monoisotopic (exact) mass is 261 g/mol. The molecule has 2 aromatic rings. The van der Waals surface area contributed by atoms with Gasteiger partial charge in [-0.15, -0.1) is 0 Å². The molecule has 0 aliphatic heterocycles. The first kappa shape index (κ1) is 13.4. The Bertz CT molecular complexity index is 528. The van der Waals surface area contributed by atoms with Crippen molar-refractivity contribution in [1.82, 2.24) is 9.88 Å². The Labute approximate surface area is 112 Å². The van der Waals surface area contributed by atoms with Crippen LogP contribution in [0.2, 0.25) is 0 Å². The third-order valence-corrected chi connectivity index (χ3v) is 3.10. The molecule has 5 heteroatoms. The summed E-state index contributed by atoms with van der Waals surface area (Å²) in [6, 6.07) is 8.05. The molecule has 19 heavy (non-hydrogen) atoms. The standard InChI is InChI=1S/C14H19N3O2/c1-4-17(5-2)13(18)10-16(3)14-15-11-8-6-7-9-12(11)19-14/h6-9H,4-5,10H2,1-3H3. The van der Waals surface area contributed by atoms with Crippen LogP contribution in [0.1, 0.15) is 13.8 Å². The van der Waals surface area contributed by atoms with Crippen LogP contribution >= 0.6 is 0 Å². The number of rotatable bonds is 5. The number of carbonyl (C=O) groups excluding carboxylic acids is 1. The van der Waals surface area contributed by atoms with Gasteiger partial charge in [0.25, 0.3) is 6.01 Å². The van der Waals surface area contributed by atoms with Crippen LogP contribution < -0.4 is 4.90 Å². The summed E-state index contributed by atoms with van der Waals surface area (Å²) in [6.07, 6.45) is 0. The minimum Gasteiger partial charge on any atom is -0.423 e. The number of hydrogen-bond donors (Lipinski definition) is 0. The first-order valence-corrected chi connectivity index (χ1v) is 6.50. The molecule has 0 aliphatic rings. The van der Waals surface area contributed by atoms with Crippen LogP contribution in [0.3, 0.4) is 0 Å². The van der Waals surface area contributed by atoms with E-state index in [4.69, 9.17) is 4.42 Å². The molecule has 1 amide bonds. The molecule has 102 valence electrons. The summed E-state index contributed by atoms with van der Waals surface area (Å²) in [5.41, 5.74) is 1.54. The minimum absolute atomic E-state index is 0.0785. The van der Waals surface area contributed by atoms with Gasteiger partial charge in [0.2, 0.25) is 5.91 Å². The minimum atomic E-state index is 0.0785. The van der Waals surface area contributed by atoms with E-state index in [9.17, 15) is 4.79 Å². The summed E-state index contributed by atoms with van der Waals surface area (Å²) >= 11 is 0. The molecule has 0 atom stereocenters. The van der Waals surface area contributed by atoms with Crippen molar-refractivity contribution in [2.24, 2.45) is 0 Å². The van der Waals surface area contributed by atoms with E-state index in [-0.39, 0.29) is 12.5 Å². The van der Waals surface area contributed by atoms with E-state index in [1.54, 1.807) is 9.80 Å². The van der Waals surface area contributed by atoms with Gasteiger partial charge in [0.05, 0.1) is 0 Å². The number of benzene rings is 1. The predicted molar refractivity (Wildman–Crippen MR) is 75.2 cm³/mol. The van der Waals surface area contributed by atoms with Gasteiger partial charge in [-0.25, -0.2) is 0 Å². The lowest BCUT2D eigenvalue weighted by Crippen LogP contribution is -2.38. The van der Waals surface area contributed by atoms with E-state index in [1.807, 2.05) is 45.2 Å². The Balaban J connectivity index is 2.11. The summed E-state index contributed by atoms with van der Waals surface area (Å²) in [4.78, 5) is 19.9. The summed E-state index contributed by atoms with van der Waals surface area (Å²) in [7, 11) is 1.81. The third kappa shape index (κ3) is 2.86. The molecule has 1 heterocycles. The van der Waals surface area contributed by atoms with Gasteiger partial charge < -0.3 is 14.2 Å². The molecule has 0 unspecified atom stereocenters. The van der Waals surface area contributed by atoms with Crippen molar-refractivity contribution in [3.05, 3.63) is 24.3 Å². The van der Waals surface area contributed by atoms with Crippen LogP contribution in [-0.2, 0) is 4.79 Å². The molecule has 1 aromatic carbocycles. The number of para-hydroxylation sites is 2. The van der Waals surface area contributed by atoms with Crippen LogP contribution in [0.5, 0.6) is 0 Å². The molecule has 0 saturated carbocycles. The number of nitrogens with zero attached hydrogens (tertiary/aromatic N) is 3. The van der Waals surface area contributed by atoms with E-state index >= 15 is 0 Å². The molecule has 0 bridgehead atoms. The average Bonchev–Trinajstić information content (AvgIpc) is 2.84. The molecular weight excluding hydrogens is 242 g/mol. The van der Waals surface area contributed by atoms with Crippen molar-refractivity contribution in [3.8, 4) is 0 Å². The molecule has 2 rings (SSSR count). The van der Waals surface area contributed by atoms with Crippen LogP contribution in [0, 0.1) is 0 Å². The highest BCUT2D eigenvalue weighted by Crippen LogP contribution is 2.20. The SMILES string of the molecule is CCN(CC)C(=O)CN(C)c1nc2ccccc2o1. The molecule has 0 spiro atoms. The quantitative estimate of drug-likeness (QED) is 0.827. The van der Waals surface area contributed by atoms with E-state index < -0.39 is 0 Å². The maximum Gasteiger partial charge on any atom is 0.298 e. The van der Waals surface area contributed by atoms with Crippen LogP contribution in [0.4, 0.5) is 6.01 Å². The lowest BCUT2D eigenvalue weighted by molar-refractivity contribution is -0.129. The van der Waals surface area contributed by atoms with Gasteiger partial charge in [0.1, 0.15) is 12.1 Å². The second kappa shape index (κ2) is 5.73. The molecule has 5 nitrogen and oxygen atoms in total. The van der Waals surface area contributed by atoms with Crippen molar-refractivity contribution >= 4 is 23.0 Å². The fourth-order valence-electron chi connectivity index (χ4n) is 1.97. The van der Waals surface area contributed by atoms with Crippen molar-refractivity contribution in [3.63, 3.8) is 0 Å². The summed E-state index contributed by atoms with van der Waals surface area (Å²) in [5.74, 6) is 0.0785.